The minimum atomic E-state index is -1.13. The number of hydrogen-bond donors (Lipinski definition) is 1. The highest BCUT2D eigenvalue weighted by Crippen LogP contribution is 2.47. The lowest BCUT2D eigenvalue weighted by Gasteiger charge is -2.28. The molecule has 0 aliphatic carbocycles. The Morgan fingerprint density at radius 1 is 0.536 bits per heavy atom. The largest absolute Gasteiger partial charge is 0.507 e. The van der Waals surface area contributed by atoms with Crippen LogP contribution in [0.4, 0.5) is 0 Å². The highest BCUT2D eigenvalue weighted by atomic mass is 31.1. The number of ether oxygens (including phenoxy) is 5. The molecule has 1 unspecified atom stereocenters. The van der Waals surface area contributed by atoms with Gasteiger partial charge in [-0.3, -0.25) is 0 Å². The first-order valence-electron chi connectivity index (χ1n) is 19.1. The van der Waals surface area contributed by atoms with E-state index >= 15 is 0 Å². The Kier molecular flexibility index (Phi) is 14.3. The van der Waals surface area contributed by atoms with Gasteiger partial charge in [-0.25, -0.2) is 0 Å². The number of methoxy groups -OCH3 is 4. The molecule has 290 valence electrons. The summed E-state index contributed by atoms with van der Waals surface area (Å²) in [6, 6.07) is 45.9. The predicted octanol–water partition coefficient (Wildman–Crippen LogP) is 8.54. The van der Waals surface area contributed by atoms with E-state index in [4.69, 9.17) is 23.7 Å². The van der Waals surface area contributed by atoms with Crippen LogP contribution < -0.4 is 55.5 Å². The second kappa shape index (κ2) is 19.7. The molecule has 0 aromatic heterocycles. The molecule has 56 heavy (non-hydrogen) atoms. The van der Waals surface area contributed by atoms with E-state index in [2.05, 4.69) is 105 Å². The van der Waals surface area contributed by atoms with Gasteiger partial charge in [-0.05, 0) is 61.5 Å². The van der Waals surface area contributed by atoms with Crippen molar-refractivity contribution in [2.45, 2.75) is 39.5 Å². The van der Waals surface area contributed by atoms with E-state index in [1.807, 2.05) is 42.5 Å². The zero-order chi connectivity index (χ0) is 39.4. The molecule has 0 radical (unpaired) electrons. The molecule has 1 atom stereocenters. The van der Waals surface area contributed by atoms with Crippen LogP contribution >= 0.6 is 15.8 Å². The van der Waals surface area contributed by atoms with Crippen molar-refractivity contribution < 1.29 is 28.8 Å². The SMILES string of the molecule is CCCC(C)Cc1c(OC)c(OC)cc(P(c2ccccc2)c2ccccc2)c1OCCc1c(O)c(P(c2ccccc2)c2ccccc2)cc(OC)c1OC. The van der Waals surface area contributed by atoms with Crippen LogP contribution in [-0.4, -0.2) is 40.2 Å². The fourth-order valence-corrected chi connectivity index (χ4v) is 12.2. The fraction of sp³-hybridized carbons (Fsp3) is 0.250. The molecule has 0 heterocycles. The van der Waals surface area contributed by atoms with E-state index in [-0.39, 0.29) is 12.4 Å². The van der Waals surface area contributed by atoms with Crippen molar-refractivity contribution in [3.8, 4) is 34.5 Å². The summed E-state index contributed by atoms with van der Waals surface area (Å²) in [7, 11) is 4.46. The maximum Gasteiger partial charge on any atom is 0.167 e. The highest BCUT2D eigenvalue weighted by Gasteiger charge is 2.30. The minimum Gasteiger partial charge on any atom is -0.507 e. The number of phenolic OH excluding ortho intramolecular Hbond substituents is 1. The summed E-state index contributed by atoms with van der Waals surface area (Å²) in [5.41, 5.74) is 1.62. The molecule has 0 saturated heterocycles. The summed E-state index contributed by atoms with van der Waals surface area (Å²) in [6.07, 6.45) is 3.24. The molecule has 0 aliphatic heterocycles. The summed E-state index contributed by atoms with van der Waals surface area (Å²) in [4.78, 5) is 0. The van der Waals surface area contributed by atoms with Gasteiger partial charge in [-0.2, -0.15) is 0 Å². The average Bonchev–Trinajstić information content (AvgIpc) is 3.24. The molecule has 8 heteroatoms. The second-order valence-corrected chi connectivity index (χ2v) is 18.0. The summed E-state index contributed by atoms with van der Waals surface area (Å²) in [5.74, 6) is 3.77. The van der Waals surface area contributed by atoms with E-state index in [0.29, 0.717) is 40.9 Å². The lowest BCUT2D eigenvalue weighted by Crippen LogP contribution is -2.25. The summed E-state index contributed by atoms with van der Waals surface area (Å²) < 4.78 is 31.2. The summed E-state index contributed by atoms with van der Waals surface area (Å²) >= 11 is 0. The number of benzene rings is 6. The van der Waals surface area contributed by atoms with E-state index in [1.54, 1.807) is 28.4 Å². The van der Waals surface area contributed by atoms with Crippen molar-refractivity contribution >= 4 is 47.7 Å². The maximum atomic E-state index is 12.3. The van der Waals surface area contributed by atoms with Gasteiger partial charge in [0.15, 0.2) is 23.0 Å². The first-order chi connectivity index (χ1) is 27.4. The Hall–Kier alpha value is -5.02. The fourth-order valence-electron chi connectivity index (χ4n) is 7.36. The molecule has 0 fully saturated rings. The Labute approximate surface area is 334 Å². The predicted molar refractivity (Wildman–Crippen MR) is 235 cm³/mol. The molecule has 0 amide bonds. The van der Waals surface area contributed by atoms with E-state index in [1.165, 1.54) is 10.6 Å². The zero-order valence-electron chi connectivity index (χ0n) is 33.2. The Morgan fingerprint density at radius 3 is 1.36 bits per heavy atom. The van der Waals surface area contributed by atoms with E-state index in [0.717, 1.165) is 51.8 Å². The Morgan fingerprint density at radius 2 is 0.946 bits per heavy atom. The number of aromatic hydroxyl groups is 1. The van der Waals surface area contributed by atoms with Crippen molar-refractivity contribution in [3.63, 3.8) is 0 Å². The number of hydrogen-bond acceptors (Lipinski definition) is 6. The van der Waals surface area contributed by atoms with E-state index < -0.39 is 15.8 Å². The molecule has 1 N–H and O–H groups in total. The van der Waals surface area contributed by atoms with Gasteiger partial charge >= 0.3 is 0 Å². The zero-order valence-corrected chi connectivity index (χ0v) is 35.0. The van der Waals surface area contributed by atoms with Gasteiger partial charge < -0.3 is 28.8 Å². The van der Waals surface area contributed by atoms with Crippen molar-refractivity contribution in [1.82, 2.24) is 0 Å². The monoisotopic (exact) mass is 786 g/mol. The third-order valence-corrected chi connectivity index (χ3v) is 14.8. The van der Waals surface area contributed by atoms with Crippen LogP contribution in [0.5, 0.6) is 34.5 Å². The van der Waals surface area contributed by atoms with Gasteiger partial charge in [0.1, 0.15) is 11.5 Å². The van der Waals surface area contributed by atoms with Crippen LogP contribution in [0.1, 0.15) is 37.8 Å². The van der Waals surface area contributed by atoms with Gasteiger partial charge in [-0.1, -0.05) is 148 Å². The molecule has 6 rings (SSSR count). The third-order valence-electron chi connectivity index (χ3n) is 9.89. The molecule has 0 aliphatic rings. The average molecular weight is 787 g/mol. The lowest BCUT2D eigenvalue weighted by molar-refractivity contribution is 0.301. The third kappa shape index (κ3) is 8.99. The van der Waals surface area contributed by atoms with Gasteiger partial charge in [0.2, 0.25) is 0 Å². The maximum absolute atomic E-state index is 12.3. The van der Waals surface area contributed by atoms with Crippen LogP contribution in [0.2, 0.25) is 0 Å². The summed E-state index contributed by atoms with van der Waals surface area (Å²) in [5, 5.41) is 18.8. The Bertz CT molecular complexity index is 2070. The summed E-state index contributed by atoms with van der Waals surface area (Å²) in [6.45, 7) is 4.76. The molecule has 0 bridgehead atoms. The minimum absolute atomic E-state index is 0.185. The molecule has 6 aromatic carbocycles. The normalized spacial score (nSPS) is 11.7. The van der Waals surface area contributed by atoms with Gasteiger partial charge in [-0.15, -0.1) is 0 Å². The highest BCUT2D eigenvalue weighted by molar-refractivity contribution is 7.80. The van der Waals surface area contributed by atoms with Crippen molar-refractivity contribution in [2.24, 2.45) is 5.92 Å². The standard InChI is InChI=1S/C48H52O6P2/c1-7-20-34(2)31-40-47(53-6)42(51-4)33-44(56(37-25-16-10-17-26-37)38-27-18-11-19-28-38)48(40)54-30-29-39-45(49)43(32-41(50-3)46(39)52-5)55(35-21-12-8-13-22-35)36-23-14-9-15-24-36/h8-19,21-28,32-34,49H,7,20,29-31H2,1-6H3. The van der Waals surface area contributed by atoms with Crippen LogP contribution in [0, 0.1) is 5.92 Å². The molecule has 6 aromatic rings. The Balaban J connectivity index is 1.50. The van der Waals surface area contributed by atoms with Crippen LogP contribution in [0.25, 0.3) is 0 Å². The topological polar surface area (TPSA) is 66.4 Å². The van der Waals surface area contributed by atoms with Crippen molar-refractivity contribution in [2.75, 3.05) is 35.0 Å². The van der Waals surface area contributed by atoms with Gasteiger partial charge in [0, 0.05) is 28.2 Å². The van der Waals surface area contributed by atoms with E-state index in [9.17, 15) is 5.11 Å². The second-order valence-electron chi connectivity index (χ2n) is 13.6. The van der Waals surface area contributed by atoms with Gasteiger partial charge in [0.25, 0.3) is 0 Å². The number of rotatable bonds is 18. The molecular formula is C48H52O6P2. The van der Waals surface area contributed by atoms with Crippen LogP contribution in [0.15, 0.2) is 133 Å². The van der Waals surface area contributed by atoms with Crippen molar-refractivity contribution in [3.05, 3.63) is 145 Å². The molecule has 6 nitrogen and oxygen atoms in total. The smallest absolute Gasteiger partial charge is 0.167 e. The van der Waals surface area contributed by atoms with Crippen LogP contribution in [0.3, 0.4) is 0 Å². The molecule has 0 saturated carbocycles. The first kappa shape index (κ1) is 40.6. The van der Waals surface area contributed by atoms with Gasteiger partial charge in [0.05, 0.1) is 35.0 Å². The molecular weight excluding hydrogens is 734 g/mol. The first-order valence-corrected chi connectivity index (χ1v) is 21.8. The number of phenols is 1. The van der Waals surface area contributed by atoms with Crippen molar-refractivity contribution in [1.29, 1.82) is 0 Å². The quantitative estimate of drug-likeness (QED) is 0.0882. The lowest BCUT2D eigenvalue weighted by atomic mass is 9.95. The molecule has 0 spiro atoms. The van der Waals surface area contributed by atoms with Crippen LogP contribution in [-0.2, 0) is 12.8 Å².